The number of hydrogen-bond acceptors (Lipinski definition) is 13. The fourth-order valence-electron chi connectivity index (χ4n) is 3.83. The number of nitrogens with zero attached hydrogens (tertiary/aromatic N) is 7. The van der Waals surface area contributed by atoms with Gasteiger partial charge < -0.3 is 32.0 Å². The third kappa shape index (κ3) is 18.0. The topological polar surface area (TPSA) is 260 Å². The molecule has 308 valence electrons. The summed E-state index contributed by atoms with van der Waals surface area (Å²) in [6, 6.07) is 8.19. The molecule has 2 amide bonds. The maximum absolute atomic E-state index is 12.9. The first kappa shape index (κ1) is 55.6. The van der Waals surface area contributed by atoms with E-state index in [1.807, 2.05) is 12.2 Å². The molecule has 59 heavy (non-hydrogen) atoms. The van der Waals surface area contributed by atoms with Gasteiger partial charge in [-0.3, -0.25) is 19.5 Å². The van der Waals surface area contributed by atoms with Crippen molar-refractivity contribution in [2.24, 2.45) is 0 Å². The minimum absolute atomic E-state index is 0. The number of alkyl halides is 9. The number of rotatable bonds is 7. The summed E-state index contributed by atoms with van der Waals surface area (Å²) in [5, 5.41) is 49.6. The van der Waals surface area contributed by atoms with Gasteiger partial charge in [-0.1, -0.05) is 0 Å². The zero-order valence-electron chi connectivity index (χ0n) is 32.0. The fraction of sp³-hybridized carbons (Fsp3) is 0.323. The summed E-state index contributed by atoms with van der Waals surface area (Å²) in [5.41, 5.74) is -7.21. The van der Waals surface area contributed by atoms with Crippen LogP contribution in [0.15, 0.2) is 49.1 Å². The number of aliphatic hydroxyl groups is 1. The van der Waals surface area contributed by atoms with E-state index in [2.05, 4.69) is 35.5 Å². The summed E-state index contributed by atoms with van der Waals surface area (Å²) < 4.78 is 120. The van der Waals surface area contributed by atoms with Crippen molar-refractivity contribution in [3.05, 3.63) is 83.0 Å². The summed E-state index contributed by atoms with van der Waals surface area (Å²) in [5.74, 6) is -2.33. The molecule has 0 radical (unpaired) electrons. The maximum atomic E-state index is 12.9. The summed E-state index contributed by atoms with van der Waals surface area (Å²) in [7, 11) is 0. The molecule has 5 rings (SSSR count). The van der Waals surface area contributed by atoms with Crippen LogP contribution < -0.4 is 119 Å². The molecule has 1 aliphatic rings. The SMILES string of the molecule is C[C@@]1(C(=O)Nc2ccc(C#N)c(C(F)(F)F)c2)CO1.C[C@](O)(Cn1cnc(C(F)(F)F)n1)C(=O)Nc1ccc(C#N)c(C(F)(F)F)c1.Cc1ncn[nH]1.O=CO[O-].[H-].[K+].[K+]. The number of carbonyl (C=O) groups excluding carboxylic acids is 3. The minimum atomic E-state index is -4.86. The van der Waals surface area contributed by atoms with Crippen LogP contribution in [0.5, 0.6) is 0 Å². The van der Waals surface area contributed by atoms with Gasteiger partial charge in [0.15, 0.2) is 11.2 Å². The van der Waals surface area contributed by atoms with Crippen molar-refractivity contribution >= 4 is 29.7 Å². The number of nitrogens with one attached hydrogen (secondary N) is 3. The summed E-state index contributed by atoms with van der Waals surface area (Å²) in [4.78, 5) is 41.8. The van der Waals surface area contributed by atoms with Crippen molar-refractivity contribution in [1.82, 2.24) is 29.9 Å². The van der Waals surface area contributed by atoms with E-state index in [1.165, 1.54) is 31.5 Å². The molecule has 3 heterocycles. The van der Waals surface area contributed by atoms with Crippen molar-refractivity contribution in [3.8, 4) is 12.1 Å². The first-order valence-electron chi connectivity index (χ1n) is 15.0. The second-order valence-corrected chi connectivity index (χ2v) is 11.5. The molecule has 1 saturated heterocycles. The van der Waals surface area contributed by atoms with Gasteiger partial charge >= 0.3 is 121 Å². The standard InChI is InChI=1S/C15H11F6N5O2.C12H9F3N2O2.C3H5N3.CH2O3.2K.H/c1-13(28,6-26-7-23-11(25-26)15(19,20)21)12(27)24-9-3-2-8(5-22)10(4-9)14(16,17)18;1-11(6-19-11)10(18)17-8-3-2-7(5-16)9(4-8)12(13,14)15;1-3-4-2-5-6-3;2-1-4-3;;;/h2-4,7,28H,6H2,1H3,(H,24,27);2-4H,6H2,1H3,(H,17,18);2H,1H3,(H,4,5,6);1,3H;;;/q;;;;2*+1;-1/p-1/t13-;11-;;;;;/m00...../s1. The zero-order valence-corrected chi connectivity index (χ0v) is 37.3. The van der Waals surface area contributed by atoms with Crippen LogP contribution in [0, 0.1) is 29.6 Å². The van der Waals surface area contributed by atoms with Gasteiger partial charge in [0.25, 0.3) is 24.1 Å². The van der Waals surface area contributed by atoms with Crippen LogP contribution >= 0.6 is 0 Å². The molecule has 1 aliphatic heterocycles. The van der Waals surface area contributed by atoms with Crippen LogP contribution in [0.3, 0.4) is 0 Å². The van der Waals surface area contributed by atoms with E-state index >= 15 is 0 Å². The van der Waals surface area contributed by atoms with Gasteiger partial charge in [0.05, 0.1) is 47.5 Å². The molecule has 0 spiro atoms. The van der Waals surface area contributed by atoms with Crippen LogP contribution in [0.25, 0.3) is 0 Å². The second-order valence-electron chi connectivity index (χ2n) is 11.5. The van der Waals surface area contributed by atoms with Crippen LogP contribution in [-0.4, -0.2) is 71.1 Å². The number of epoxide rings is 1. The normalized spacial score (nSPS) is 15.0. The monoisotopic (exact) mass is 900 g/mol. The average Bonchev–Trinajstić information content (AvgIpc) is 3.44. The van der Waals surface area contributed by atoms with Gasteiger partial charge in [0.1, 0.15) is 18.5 Å². The number of aryl methyl sites for hydroxylation is 1. The van der Waals surface area contributed by atoms with E-state index in [9.17, 15) is 54.2 Å². The van der Waals surface area contributed by atoms with Crippen molar-refractivity contribution in [2.45, 2.75) is 57.0 Å². The number of aromatic nitrogens is 6. The van der Waals surface area contributed by atoms with E-state index < -0.39 is 76.2 Å². The number of benzene rings is 2. The Labute approximate surface area is 412 Å². The smallest absolute Gasteiger partial charge is 1.00 e. The van der Waals surface area contributed by atoms with Gasteiger partial charge in [0, 0.05) is 11.4 Å². The third-order valence-electron chi connectivity index (χ3n) is 6.79. The molecular formula is C31H27F9K2N10O7. The molecule has 4 N–H and O–H groups in total. The molecule has 0 bridgehead atoms. The van der Waals surface area contributed by atoms with Gasteiger partial charge in [0.2, 0.25) is 0 Å². The van der Waals surface area contributed by atoms with Crippen LogP contribution in [0.1, 0.15) is 49.2 Å². The Morgan fingerprint density at radius 2 is 1.46 bits per heavy atom. The quantitative estimate of drug-likeness (QED) is 0.0376. The Morgan fingerprint density at radius 3 is 1.78 bits per heavy atom. The average molecular weight is 901 g/mol. The molecule has 28 heteroatoms. The fourth-order valence-corrected chi connectivity index (χ4v) is 3.83. The molecule has 2 aromatic carbocycles. The molecule has 0 saturated carbocycles. The number of ether oxygens (including phenoxy) is 1. The molecule has 2 atom stereocenters. The Hall–Kier alpha value is -3.37. The second kappa shape index (κ2) is 23.6. The summed E-state index contributed by atoms with van der Waals surface area (Å²) in [6.07, 6.45) is -12.2. The maximum Gasteiger partial charge on any atom is 1.00 e. The van der Waals surface area contributed by atoms with E-state index in [4.69, 9.17) is 25.3 Å². The number of amides is 2. The molecule has 0 unspecified atom stereocenters. The number of aromatic amines is 1. The van der Waals surface area contributed by atoms with Crippen LogP contribution in [0.2, 0.25) is 0 Å². The summed E-state index contributed by atoms with van der Waals surface area (Å²) >= 11 is 0. The molecule has 0 aliphatic carbocycles. The van der Waals surface area contributed by atoms with E-state index in [0.29, 0.717) is 17.1 Å². The minimum Gasteiger partial charge on any atom is -1.00 e. The van der Waals surface area contributed by atoms with E-state index in [-0.39, 0.29) is 129 Å². The molecule has 1 fully saturated rings. The molecule has 2 aromatic heterocycles. The summed E-state index contributed by atoms with van der Waals surface area (Å²) in [6.45, 7) is 3.64. The van der Waals surface area contributed by atoms with Crippen LogP contribution in [0.4, 0.5) is 50.9 Å². The van der Waals surface area contributed by atoms with Gasteiger partial charge in [-0.2, -0.15) is 55.1 Å². The number of halogens is 9. The van der Waals surface area contributed by atoms with Crippen molar-refractivity contribution in [1.29, 1.82) is 10.5 Å². The largest absolute Gasteiger partial charge is 1.00 e. The van der Waals surface area contributed by atoms with E-state index in [1.54, 1.807) is 0 Å². The first-order valence-corrected chi connectivity index (χ1v) is 15.0. The number of H-pyrrole nitrogens is 1. The zero-order chi connectivity index (χ0) is 43.4. The molecule has 4 aromatic rings. The predicted octanol–water partition coefficient (Wildman–Crippen LogP) is -2.45. The Bertz CT molecular complexity index is 2100. The predicted molar refractivity (Wildman–Crippen MR) is 169 cm³/mol. The van der Waals surface area contributed by atoms with Gasteiger partial charge in [-0.05, 0) is 57.2 Å². The van der Waals surface area contributed by atoms with Gasteiger partial charge in [-0.15, -0.1) is 5.10 Å². The van der Waals surface area contributed by atoms with E-state index in [0.717, 1.165) is 37.0 Å². The number of nitriles is 2. The number of hydrogen-bond donors (Lipinski definition) is 4. The number of anilines is 2. The van der Waals surface area contributed by atoms with Crippen LogP contribution in [-0.2, 0) is 49.1 Å². The Kier molecular flexibility index (Phi) is 22.2. The van der Waals surface area contributed by atoms with Crippen molar-refractivity contribution in [2.75, 3.05) is 17.2 Å². The molecule has 17 nitrogen and oxygen atoms in total. The Balaban J connectivity index is 0. The van der Waals surface area contributed by atoms with Gasteiger partial charge in [-0.25, -0.2) is 14.6 Å². The molecular weight excluding hydrogens is 874 g/mol. The third-order valence-corrected chi connectivity index (χ3v) is 6.79. The number of carbonyl (C=O) groups is 3. The van der Waals surface area contributed by atoms with Crippen molar-refractivity contribution in [3.63, 3.8) is 0 Å². The Morgan fingerprint density at radius 1 is 0.983 bits per heavy atom. The first-order chi connectivity index (χ1) is 26.3. The van der Waals surface area contributed by atoms with Crippen molar-refractivity contribution < 1.29 is 178 Å².